The zero-order valence-electron chi connectivity index (χ0n) is 10.9. The fraction of sp³-hybridized carbons (Fsp3) is 0. The summed E-state index contributed by atoms with van der Waals surface area (Å²) in [6.45, 7) is 0. The van der Waals surface area contributed by atoms with Gasteiger partial charge in [0, 0.05) is 24.0 Å². The van der Waals surface area contributed by atoms with Crippen LogP contribution in [-0.2, 0) is 0 Å². The summed E-state index contributed by atoms with van der Waals surface area (Å²) in [6.07, 6.45) is 5.75. The lowest BCUT2D eigenvalue weighted by Gasteiger charge is -2.06. The number of hydrogen-bond donors (Lipinski definition) is 1. The first-order chi connectivity index (χ1) is 10.6. The van der Waals surface area contributed by atoms with Crippen molar-refractivity contribution >= 4 is 34.9 Å². The molecule has 3 heterocycles. The molecule has 0 radical (unpaired) electrons. The molecule has 1 N–H and O–H groups in total. The number of amides is 1. The highest BCUT2D eigenvalue weighted by Gasteiger charge is 2.10. The highest BCUT2D eigenvalue weighted by molar-refractivity contribution is 6.42. The van der Waals surface area contributed by atoms with Crippen LogP contribution in [0.3, 0.4) is 0 Å². The minimum atomic E-state index is -0.352. The van der Waals surface area contributed by atoms with Gasteiger partial charge in [-0.3, -0.25) is 4.79 Å². The topological polar surface area (TPSA) is 85.6 Å². The van der Waals surface area contributed by atoms with E-state index in [4.69, 9.17) is 23.2 Å². The number of nitrogens with zero attached hydrogens (tertiary/aromatic N) is 5. The van der Waals surface area contributed by atoms with Crippen LogP contribution in [0.25, 0.3) is 5.82 Å². The largest absolute Gasteiger partial charge is 0.307 e. The molecule has 22 heavy (non-hydrogen) atoms. The Bertz CT molecular complexity index is 821. The number of nitrogens with one attached hydrogen (secondary N) is 1. The third-order valence-corrected chi connectivity index (χ3v) is 3.42. The number of pyridine rings is 2. The average molecular weight is 335 g/mol. The molecule has 3 rings (SSSR count). The van der Waals surface area contributed by atoms with E-state index in [1.54, 1.807) is 12.1 Å². The van der Waals surface area contributed by atoms with E-state index in [0.29, 0.717) is 27.2 Å². The standard InChI is InChI=1S/C13H8Cl2N6O/c14-9-4-11(18-5-10(9)15)20-13(22)8-1-2-17-12(3-8)21-7-16-6-19-21/h1-7H,(H,18,20,22). The van der Waals surface area contributed by atoms with Crippen molar-refractivity contribution in [2.45, 2.75) is 0 Å². The molecule has 0 spiro atoms. The number of carbonyl (C=O) groups is 1. The number of aromatic nitrogens is 5. The minimum absolute atomic E-state index is 0.304. The first kappa shape index (κ1) is 14.4. The molecule has 7 nitrogen and oxygen atoms in total. The van der Waals surface area contributed by atoms with E-state index in [0.717, 1.165) is 0 Å². The van der Waals surface area contributed by atoms with Crippen LogP contribution in [0.4, 0.5) is 5.82 Å². The van der Waals surface area contributed by atoms with Gasteiger partial charge in [-0.05, 0) is 12.1 Å². The number of anilines is 1. The second-order valence-corrected chi connectivity index (χ2v) is 4.99. The van der Waals surface area contributed by atoms with Crippen LogP contribution in [-0.4, -0.2) is 30.6 Å². The molecule has 3 aromatic heterocycles. The number of hydrogen-bond acceptors (Lipinski definition) is 5. The molecule has 0 bridgehead atoms. The highest BCUT2D eigenvalue weighted by atomic mass is 35.5. The Labute approximate surface area is 134 Å². The molecule has 3 aromatic rings. The van der Waals surface area contributed by atoms with Crippen LogP contribution in [0.5, 0.6) is 0 Å². The van der Waals surface area contributed by atoms with Crippen molar-refractivity contribution in [3.8, 4) is 5.82 Å². The molecule has 0 aromatic carbocycles. The van der Waals surface area contributed by atoms with Crippen LogP contribution >= 0.6 is 23.2 Å². The van der Waals surface area contributed by atoms with Crippen LogP contribution in [0, 0.1) is 0 Å². The molecule has 0 unspecified atom stereocenters. The van der Waals surface area contributed by atoms with E-state index in [-0.39, 0.29) is 5.91 Å². The van der Waals surface area contributed by atoms with E-state index in [2.05, 4.69) is 25.4 Å². The second kappa shape index (κ2) is 6.08. The van der Waals surface area contributed by atoms with Crippen molar-refractivity contribution in [2.24, 2.45) is 0 Å². The van der Waals surface area contributed by atoms with Crippen molar-refractivity contribution in [1.29, 1.82) is 0 Å². The molecular formula is C13H8Cl2N6O. The Kier molecular flexibility index (Phi) is 3.99. The van der Waals surface area contributed by atoms with Crippen molar-refractivity contribution in [2.75, 3.05) is 5.32 Å². The molecule has 9 heteroatoms. The zero-order valence-corrected chi connectivity index (χ0v) is 12.5. The molecule has 0 fully saturated rings. The highest BCUT2D eigenvalue weighted by Crippen LogP contribution is 2.23. The van der Waals surface area contributed by atoms with Crippen molar-refractivity contribution < 1.29 is 4.79 Å². The van der Waals surface area contributed by atoms with Gasteiger partial charge in [0.25, 0.3) is 5.91 Å². The monoisotopic (exact) mass is 334 g/mol. The third-order valence-electron chi connectivity index (χ3n) is 2.71. The van der Waals surface area contributed by atoms with Gasteiger partial charge in [0.2, 0.25) is 0 Å². The average Bonchev–Trinajstić information content (AvgIpc) is 3.05. The fourth-order valence-corrected chi connectivity index (χ4v) is 1.94. The van der Waals surface area contributed by atoms with E-state index in [1.165, 1.54) is 35.8 Å². The molecule has 0 aliphatic heterocycles. The number of halogens is 2. The van der Waals surface area contributed by atoms with Crippen LogP contribution in [0.15, 0.2) is 43.2 Å². The van der Waals surface area contributed by atoms with Crippen molar-refractivity contribution in [3.05, 3.63) is 58.9 Å². The molecule has 0 saturated carbocycles. The van der Waals surface area contributed by atoms with E-state index < -0.39 is 0 Å². The lowest BCUT2D eigenvalue weighted by Crippen LogP contribution is -2.14. The summed E-state index contributed by atoms with van der Waals surface area (Å²) in [5, 5.41) is 7.22. The SMILES string of the molecule is O=C(Nc1cc(Cl)c(Cl)cn1)c1ccnc(-n2cncn2)c1. The zero-order chi connectivity index (χ0) is 15.5. The molecule has 1 amide bonds. The minimum Gasteiger partial charge on any atom is -0.307 e. The summed E-state index contributed by atoms with van der Waals surface area (Å²) in [7, 11) is 0. The van der Waals surface area contributed by atoms with Crippen molar-refractivity contribution in [1.82, 2.24) is 24.7 Å². The molecule has 110 valence electrons. The van der Waals surface area contributed by atoms with Crippen LogP contribution in [0.2, 0.25) is 10.0 Å². The summed E-state index contributed by atoms with van der Waals surface area (Å²) < 4.78 is 1.45. The predicted octanol–water partition coefficient (Wildman–Crippen LogP) is 2.62. The Morgan fingerprint density at radius 2 is 2.05 bits per heavy atom. The predicted molar refractivity (Wildman–Crippen MR) is 81.4 cm³/mol. The summed E-state index contributed by atoms with van der Waals surface area (Å²) >= 11 is 11.7. The van der Waals surface area contributed by atoms with E-state index in [1.807, 2.05) is 0 Å². The molecule has 0 aliphatic carbocycles. The van der Waals surface area contributed by atoms with Gasteiger partial charge in [-0.2, -0.15) is 5.10 Å². The lowest BCUT2D eigenvalue weighted by molar-refractivity contribution is 0.102. The first-order valence-electron chi connectivity index (χ1n) is 6.07. The van der Waals surface area contributed by atoms with Crippen LogP contribution in [0.1, 0.15) is 10.4 Å². The molecular weight excluding hydrogens is 327 g/mol. The number of carbonyl (C=O) groups excluding carboxylic acids is 1. The van der Waals surface area contributed by atoms with Gasteiger partial charge in [-0.25, -0.2) is 19.6 Å². The van der Waals surface area contributed by atoms with Gasteiger partial charge in [0.05, 0.1) is 10.0 Å². The van der Waals surface area contributed by atoms with Gasteiger partial charge in [0.1, 0.15) is 18.5 Å². The summed E-state index contributed by atoms with van der Waals surface area (Å²) in [5.41, 5.74) is 0.397. The van der Waals surface area contributed by atoms with Gasteiger partial charge in [-0.1, -0.05) is 23.2 Å². The van der Waals surface area contributed by atoms with Crippen molar-refractivity contribution in [3.63, 3.8) is 0 Å². The van der Waals surface area contributed by atoms with Gasteiger partial charge < -0.3 is 5.32 Å². The normalized spacial score (nSPS) is 10.5. The maximum absolute atomic E-state index is 12.2. The summed E-state index contributed by atoms with van der Waals surface area (Å²) in [4.78, 5) is 24.2. The van der Waals surface area contributed by atoms with Crippen LogP contribution < -0.4 is 5.32 Å². The Morgan fingerprint density at radius 3 is 2.77 bits per heavy atom. The molecule has 0 saturated heterocycles. The Balaban J connectivity index is 1.83. The maximum Gasteiger partial charge on any atom is 0.257 e. The van der Waals surface area contributed by atoms with E-state index >= 15 is 0 Å². The second-order valence-electron chi connectivity index (χ2n) is 4.18. The Morgan fingerprint density at radius 1 is 1.18 bits per heavy atom. The fourth-order valence-electron chi connectivity index (χ4n) is 1.68. The third kappa shape index (κ3) is 3.05. The first-order valence-corrected chi connectivity index (χ1v) is 6.82. The summed E-state index contributed by atoms with van der Waals surface area (Å²) in [5.74, 6) is 0.431. The summed E-state index contributed by atoms with van der Waals surface area (Å²) in [6, 6.07) is 4.64. The Hall–Kier alpha value is -2.51. The quantitative estimate of drug-likeness (QED) is 0.795. The maximum atomic E-state index is 12.2. The van der Waals surface area contributed by atoms with Gasteiger partial charge in [0.15, 0.2) is 5.82 Å². The van der Waals surface area contributed by atoms with Gasteiger partial charge in [-0.15, -0.1) is 0 Å². The smallest absolute Gasteiger partial charge is 0.257 e. The van der Waals surface area contributed by atoms with Gasteiger partial charge >= 0.3 is 0 Å². The molecule has 0 aliphatic rings. The molecule has 0 atom stereocenters. The number of rotatable bonds is 3. The van der Waals surface area contributed by atoms with E-state index in [9.17, 15) is 4.79 Å². The lowest BCUT2D eigenvalue weighted by atomic mass is 10.2.